The van der Waals surface area contributed by atoms with Crippen LogP contribution in [0, 0.1) is 13.8 Å². The van der Waals surface area contributed by atoms with E-state index < -0.39 is 0 Å². The Balaban J connectivity index is 1.65. The molecule has 1 saturated heterocycles. The summed E-state index contributed by atoms with van der Waals surface area (Å²) in [6, 6.07) is 2.33. The van der Waals surface area contributed by atoms with Crippen molar-refractivity contribution in [3.05, 3.63) is 23.0 Å². The average Bonchev–Trinajstić information content (AvgIpc) is 2.74. The Labute approximate surface area is 124 Å². The molecule has 0 spiro atoms. The molecule has 1 aliphatic rings. The molecule has 0 radical (unpaired) electrons. The van der Waals surface area contributed by atoms with Crippen molar-refractivity contribution in [3.63, 3.8) is 0 Å². The fourth-order valence-corrected chi connectivity index (χ4v) is 3.37. The Morgan fingerprint density at radius 2 is 1.90 bits per heavy atom. The van der Waals surface area contributed by atoms with Gasteiger partial charge in [-0.2, -0.15) is 0 Å². The monoisotopic (exact) mass is 277 g/mol. The smallest absolute Gasteiger partial charge is 0.0223 e. The first-order valence-electron chi connectivity index (χ1n) is 8.31. The molecule has 1 fully saturated rings. The molecule has 0 amide bonds. The lowest BCUT2D eigenvalue weighted by atomic mass is 10.1. The maximum atomic E-state index is 3.61. The van der Waals surface area contributed by atoms with Gasteiger partial charge in [0.15, 0.2) is 0 Å². The third kappa shape index (κ3) is 4.10. The van der Waals surface area contributed by atoms with Crippen molar-refractivity contribution >= 4 is 0 Å². The molecule has 1 aromatic rings. The number of nitrogens with one attached hydrogen (secondary N) is 1. The van der Waals surface area contributed by atoms with E-state index in [0.29, 0.717) is 0 Å². The number of rotatable bonds is 7. The summed E-state index contributed by atoms with van der Waals surface area (Å²) < 4.78 is 2.39. The van der Waals surface area contributed by atoms with Crippen molar-refractivity contribution in [2.75, 3.05) is 26.2 Å². The van der Waals surface area contributed by atoms with Gasteiger partial charge in [0.1, 0.15) is 0 Å². The van der Waals surface area contributed by atoms with Crippen LogP contribution in [-0.2, 0) is 13.1 Å². The molecule has 1 aromatic heterocycles. The molecule has 20 heavy (non-hydrogen) atoms. The Morgan fingerprint density at radius 1 is 1.15 bits per heavy atom. The quantitative estimate of drug-likeness (QED) is 0.773. The fraction of sp³-hybridized carbons (Fsp3) is 0.765. The largest absolute Gasteiger partial charge is 0.349 e. The number of nitrogens with zero attached hydrogens (tertiary/aromatic N) is 2. The average molecular weight is 277 g/mol. The Hall–Kier alpha value is -0.800. The number of piperidine rings is 1. The van der Waals surface area contributed by atoms with E-state index in [0.717, 1.165) is 19.6 Å². The van der Waals surface area contributed by atoms with Gasteiger partial charge in [0.2, 0.25) is 0 Å². The van der Waals surface area contributed by atoms with Crippen LogP contribution < -0.4 is 5.32 Å². The summed E-state index contributed by atoms with van der Waals surface area (Å²) in [4.78, 5) is 2.62. The second-order valence-electron chi connectivity index (χ2n) is 6.07. The van der Waals surface area contributed by atoms with Crippen LogP contribution in [0.15, 0.2) is 6.07 Å². The molecular formula is C17H31N3. The molecule has 2 heterocycles. The highest BCUT2D eigenvalue weighted by atomic mass is 15.1. The molecule has 0 unspecified atom stereocenters. The summed E-state index contributed by atoms with van der Waals surface area (Å²) in [6.45, 7) is 13.8. The highest BCUT2D eigenvalue weighted by molar-refractivity contribution is 5.26. The second-order valence-corrected chi connectivity index (χ2v) is 6.07. The van der Waals surface area contributed by atoms with Crippen LogP contribution in [0.3, 0.4) is 0 Å². The van der Waals surface area contributed by atoms with Crippen molar-refractivity contribution in [2.45, 2.75) is 59.5 Å². The zero-order valence-electron chi connectivity index (χ0n) is 13.5. The van der Waals surface area contributed by atoms with E-state index >= 15 is 0 Å². The topological polar surface area (TPSA) is 20.2 Å². The molecule has 0 bridgehead atoms. The Bertz CT molecular complexity index is 403. The van der Waals surface area contributed by atoms with E-state index in [-0.39, 0.29) is 0 Å². The Kier molecular flexibility index (Phi) is 6.11. The van der Waals surface area contributed by atoms with Crippen LogP contribution in [0.5, 0.6) is 0 Å². The van der Waals surface area contributed by atoms with E-state index in [9.17, 15) is 0 Å². The molecule has 0 aromatic carbocycles. The van der Waals surface area contributed by atoms with Crippen molar-refractivity contribution in [2.24, 2.45) is 0 Å². The third-order valence-corrected chi connectivity index (χ3v) is 4.59. The van der Waals surface area contributed by atoms with Crippen molar-refractivity contribution in [1.29, 1.82) is 0 Å². The summed E-state index contributed by atoms with van der Waals surface area (Å²) in [6.07, 6.45) is 5.50. The summed E-state index contributed by atoms with van der Waals surface area (Å²) in [5.41, 5.74) is 4.27. The molecule has 0 atom stereocenters. The number of hydrogen-bond donors (Lipinski definition) is 1. The number of aryl methyl sites for hydroxylation is 1. The van der Waals surface area contributed by atoms with E-state index in [2.05, 4.69) is 41.6 Å². The number of likely N-dealkylation sites (tertiary alicyclic amines) is 1. The van der Waals surface area contributed by atoms with Gasteiger partial charge >= 0.3 is 0 Å². The number of hydrogen-bond acceptors (Lipinski definition) is 2. The van der Waals surface area contributed by atoms with E-state index in [1.54, 1.807) is 0 Å². The van der Waals surface area contributed by atoms with Gasteiger partial charge in [-0.15, -0.1) is 0 Å². The summed E-state index contributed by atoms with van der Waals surface area (Å²) in [5, 5.41) is 3.61. The normalized spacial score (nSPS) is 16.8. The molecule has 1 N–H and O–H groups in total. The molecular weight excluding hydrogens is 246 g/mol. The lowest BCUT2D eigenvalue weighted by Gasteiger charge is -2.26. The molecule has 0 saturated carbocycles. The van der Waals surface area contributed by atoms with Crippen LogP contribution in [0.2, 0.25) is 0 Å². The summed E-state index contributed by atoms with van der Waals surface area (Å²) in [5.74, 6) is 0. The molecule has 3 nitrogen and oxygen atoms in total. The van der Waals surface area contributed by atoms with Gasteiger partial charge in [-0.1, -0.05) is 6.42 Å². The highest BCUT2D eigenvalue weighted by Crippen LogP contribution is 2.14. The first-order chi connectivity index (χ1) is 9.72. The third-order valence-electron chi connectivity index (χ3n) is 4.59. The van der Waals surface area contributed by atoms with Crippen LogP contribution in [0.25, 0.3) is 0 Å². The second kappa shape index (κ2) is 7.84. The minimum absolute atomic E-state index is 1.01. The predicted octanol–water partition coefficient (Wildman–Crippen LogP) is 3.09. The molecule has 0 aliphatic carbocycles. The van der Waals surface area contributed by atoms with Gasteiger partial charge in [-0.05, 0) is 77.8 Å². The van der Waals surface area contributed by atoms with Gasteiger partial charge in [-0.3, -0.25) is 0 Å². The standard InChI is InChI=1S/C17H31N3/c1-4-20-15(2)13-17(16(20)3)14-18-9-8-12-19-10-6-5-7-11-19/h13,18H,4-12,14H2,1-3H3. The Morgan fingerprint density at radius 3 is 2.55 bits per heavy atom. The van der Waals surface area contributed by atoms with Gasteiger partial charge in [0.05, 0.1) is 0 Å². The van der Waals surface area contributed by atoms with E-state index in [1.165, 1.54) is 62.3 Å². The lowest BCUT2D eigenvalue weighted by molar-refractivity contribution is 0.225. The maximum Gasteiger partial charge on any atom is 0.0223 e. The zero-order chi connectivity index (χ0) is 14.4. The van der Waals surface area contributed by atoms with Crippen LogP contribution >= 0.6 is 0 Å². The molecule has 1 aliphatic heterocycles. The minimum atomic E-state index is 1.01. The summed E-state index contributed by atoms with van der Waals surface area (Å²) >= 11 is 0. The molecule has 3 heteroatoms. The number of aromatic nitrogens is 1. The van der Waals surface area contributed by atoms with Crippen molar-refractivity contribution < 1.29 is 0 Å². The van der Waals surface area contributed by atoms with Crippen molar-refractivity contribution in [1.82, 2.24) is 14.8 Å². The van der Waals surface area contributed by atoms with Gasteiger partial charge < -0.3 is 14.8 Å². The van der Waals surface area contributed by atoms with E-state index in [4.69, 9.17) is 0 Å². The van der Waals surface area contributed by atoms with E-state index in [1.807, 2.05) is 0 Å². The molecule has 114 valence electrons. The zero-order valence-corrected chi connectivity index (χ0v) is 13.5. The SMILES string of the molecule is CCn1c(C)cc(CNCCCN2CCCCC2)c1C. The van der Waals surface area contributed by atoms with Gasteiger partial charge in [-0.25, -0.2) is 0 Å². The van der Waals surface area contributed by atoms with Crippen LogP contribution in [0.4, 0.5) is 0 Å². The van der Waals surface area contributed by atoms with Crippen LogP contribution in [0.1, 0.15) is 49.6 Å². The van der Waals surface area contributed by atoms with Crippen molar-refractivity contribution in [3.8, 4) is 0 Å². The maximum absolute atomic E-state index is 3.61. The summed E-state index contributed by atoms with van der Waals surface area (Å²) in [7, 11) is 0. The first-order valence-corrected chi connectivity index (χ1v) is 8.31. The highest BCUT2D eigenvalue weighted by Gasteiger charge is 2.09. The first kappa shape index (κ1) is 15.6. The minimum Gasteiger partial charge on any atom is -0.349 e. The fourth-order valence-electron chi connectivity index (χ4n) is 3.37. The molecule has 2 rings (SSSR count). The lowest BCUT2D eigenvalue weighted by Crippen LogP contribution is -2.32. The van der Waals surface area contributed by atoms with Gasteiger partial charge in [0.25, 0.3) is 0 Å². The predicted molar refractivity (Wildman–Crippen MR) is 86.2 cm³/mol. The van der Waals surface area contributed by atoms with Gasteiger partial charge in [0, 0.05) is 24.5 Å². The van der Waals surface area contributed by atoms with Crippen LogP contribution in [-0.4, -0.2) is 35.6 Å².